The van der Waals surface area contributed by atoms with Crippen LogP contribution in [-0.4, -0.2) is 65.2 Å². The number of halogens is 1. The van der Waals surface area contributed by atoms with Crippen molar-refractivity contribution in [2.45, 2.75) is 104 Å². The minimum absolute atomic E-state index is 0.132. The van der Waals surface area contributed by atoms with E-state index in [0.717, 1.165) is 38.8 Å². The molecule has 4 heterocycles. The summed E-state index contributed by atoms with van der Waals surface area (Å²) in [5, 5.41) is 9.46. The topological polar surface area (TPSA) is 144 Å². The molecule has 0 bridgehead atoms. The third-order valence-electron chi connectivity index (χ3n) is 9.43. The molecule has 3 N–H and O–H groups in total. The Morgan fingerprint density at radius 1 is 0.940 bits per heavy atom. The number of piperidine rings is 1. The van der Waals surface area contributed by atoms with Gasteiger partial charge in [-0.3, -0.25) is 20.5 Å². The second-order valence-corrected chi connectivity index (χ2v) is 15.7. The maximum Gasteiger partial charge on any atom is 0.414 e. The SMILES string of the molecule is Cc1c(-c2cc3cc(NC(=O)OC4CC5(CCNCC5)C4)ncc3c(NC(=O)OC(C)(C)C)c2F)cnc2c1N(C(=O)OC(C)(C)C)CCC2. The largest absolute Gasteiger partial charge is 0.446 e. The zero-order valence-corrected chi connectivity index (χ0v) is 29.9. The van der Waals surface area contributed by atoms with Gasteiger partial charge in [-0.25, -0.2) is 23.8 Å². The van der Waals surface area contributed by atoms with Gasteiger partial charge in [-0.05, 0) is 129 Å². The molecule has 268 valence electrons. The molecule has 2 aliphatic heterocycles. The first-order chi connectivity index (χ1) is 23.5. The number of fused-ring (bicyclic) bond motifs is 2. The van der Waals surface area contributed by atoms with Gasteiger partial charge in [0.1, 0.15) is 23.1 Å². The number of aryl methyl sites for hydroxylation is 1. The zero-order chi connectivity index (χ0) is 36.0. The molecule has 1 aromatic carbocycles. The number of anilines is 3. The summed E-state index contributed by atoms with van der Waals surface area (Å²) in [4.78, 5) is 49.7. The summed E-state index contributed by atoms with van der Waals surface area (Å²) in [7, 11) is 0. The van der Waals surface area contributed by atoms with E-state index in [0.29, 0.717) is 52.7 Å². The Morgan fingerprint density at radius 2 is 1.64 bits per heavy atom. The van der Waals surface area contributed by atoms with Crippen molar-refractivity contribution in [2.75, 3.05) is 35.2 Å². The van der Waals surface area contributed by atoms with E-state index in [1.165, 1.54) is 6.20 Å². The summed E-state index contributed by atoms with van der Waals surface area (Å²) in [6, 6.07) is 3.22. The molecule has 1 saturated heterocycles. The van der Waals surface area contributed by atoms with Gasteiger partial charge in [-0.2, -0.15) is 0 Å². The Morgan fingerprint density at radius 3 is 2.32 bits per heavy atom. The van der Waals surface area contributed by atoms with E-state index in [9.17, 15) is 14.4 Å². The van der Waals surface area contributed by atoms with E-state index >= 15 is 4.39 Å². The Balaban J connectivity index is 1.35. The van der Waals surface area contributed by atoms with Crippen molar-refractivity contribution in [1.82, 2.24) is 15.3 Å². The maximum atomic E-state index is 16.7. The minimum atomic E-state index is -0.843. The van der Waals surface area contributed by atoms with Gasteiger partial charge in [0.2, 0.25) is 0 Å². The zero-order valence-electron chi connectivity index (χ0n) is 29.9. The molecule has 12 nitrogen and oxygen atoms in total. The van der Waals surface area contributed by atoms with Gasteiger partial charge in [0, 0.05) is 35.5 Å². The summed E-state index contributed by atoms with van der Waals surface area (Å²) >= 11 is 0. The number of carbonyl (C=O) groups is 3. The van der Waals surface area contributed by atoms with Crippen molar-refractivity contribution >= 4 is 46.2 Å². The predicted octanol–water partition coefficient (Wildman–Crippen LogP) is 7.86. The van der Waals surface area contributed by atoms with Gasteiger partial charge < -0.3 is 19.5 Å². The molecule has 2 aromatic heterocycles. The van der Waals surface area contributed by atoms with Gasteiger partial charge in [-0.15, -0.1) is 0 Å². The number of amides is 3. The van der Waals surface area contributed by atoms with Crippen LogP contribution in [0.1, 0.15) is 84.9 Å². The van der Waals surface area contributed by atoms with E-state index in [4.69, 9.17) is 14.2 Å². The van der Waals surface area contributed by atoms with Crippen molar-refractivity contribution in [1.29, 1.82) is 0 Å². The smallest absolute Gasteiger partial charge is 0.414 e. The molecule has 2 fully saturated rings. The maximum absolute atomic E-state index is 16.7. The molecule has 3 amide bonds. The fourth-order valence-corrected chi connectivity index (χ4v) is 7.18. The van der Waals surface area contributed by atoms with E-state index in [-0.39, 0.29) is 28.6 Å². The van der Waals surface area contributed by atoms with Crippen LogP contribution in [0.25, 0.3) is 21.9 Å². The number of nitrogens with one attached hydrogen (secondary N) is 3. The van der Waals surface area contributed by atoms with Gasteiger partial charge in [0.15, 0.2) is 5.82 Å². The minimum Gasteiger partial charge on any atom is -0.446 e. The van der Waals surface area contributed by atoms with Crippen LogP contribution in [0.2, 0.25) is 0 Å². The Bertz CT molecular complexity index is 1820. The highest BCUT2D eigenvalue weighted by Crippen LogP contribution is 2.49. The first kappa shape index (κ1) is 35.3. The second-order valence-electron chi connectivity index (χ2n) is 15.7. The Labute approximate surface area is 291 Å². The van der Waals surface area contributed by atoms with Crippen molar-refractivity contribution in [3.63, 3.8) is 0 Å². The summed E-state index contributed by atoms with van der Waals surface area (Å²) in [5.74, 6) is -0.526. The standard InChI is InChI=1S/C37H47FN6O6/c1-21-25(19-40-27-9-8-14-44(31(21)27)34(47)50-36(5,6)7)24-15-22-16-28(42-32(45)48-23-17-37(18-23)10-12-39-13-11-37)41-20-26(22)30(29(24)38)43-33(46)49-35(2,3)4/h15-16,19-20,23,39H,8-14,17-18H2,1-7H3,(H,43,46)(H,41,42,45). The number of aromatic nitrogens is 2. The summed E-state index contributed by atoms with van der Waals surface area (Å²) in [6.07, 6.45) is 6.06. The van der Waals surface area contributed by atoms with Crippen LogP contribution >= 0.6 is 0 Å². The summed E-state index contributed by atoms with van der Waals surface area (Å²) < 4.78 is 33.5. The van der Waals surface area contributed by atoms with Crippen molar-refractivity contribution < 1.29 is 33.0 Å². The number of rotatable bonds is 4. The molecule has 1 aliphatic carbocycles. The molecule has 0 atom stereocenters. The molecular formula is C37H47FN6O6. The second kappa shape index (κ2) is 13.3. The number of carbonyl (C=O) groups excluding carboxylic acids is 3. The molecule has 6 rings (SSSR count). The highest BCUT2D eigenvalue weighted by atomic mass is 19.1. The normalized spacial score (nSPS) is 17.5. The van der Waals surface area contributed by atoms with Crippen molar-refractivity contribution in [3.8, 4) is 11.1 Å². The average Bonchev–Trinajstić information content (AvgIpc) is 3.00. The van der Waals surface area contributed by atoms with Gasteiger partial charge in [0.05, 0.1) is 17.1 Å². The molecule has 3 aromatic rings. The molecule has 1 spiro atoms. The summed E-state index contributed by atoms with van der Waals surface area (Å²) in [6.45, 7) is 14.7. The van der Waals surface area contributed by atoms with Crippen LogP contribution in [0.5, 0.6) is 0 Å². The van der Waals surface area contributed by atoms with Crippen LogP contribution in [0.3, 0.4) is 0 Å². The van der Waals surface area contributed by atoms with Crippen LogP contribution in [0.15, 0.2) is 24.5 Å². The molecule has 3 aliphatic rings. The average molecular weight is 691 g/mol. The molecule has 0 radical (unpaired) electrons. The number of ether oxygens (including phenoxy) is 3. The van der Waals surface area contributed by atoms with E-state index in [2.05, 4.69) is 25.9 Å². The number of hydrogen-bond donors (Lipinski definition) is 3. The van der Waals surface area contributed by atoms with Gasteiger partial charge >= 0.3 is 18.3 Å². The lowest BCUT2D eigenvalue weighted by atomic mass is 9.62. The third kappa shape index (κ3) is 7.62. The lowest BCUT2D eigenvalue weighted by molar-refractivity contribution is -0.0539. The van der Waals surface area contributed by atoms with Crippen LogP contribution in [-0.2, 0) is 20.6 Å². The molecule has 0 unspecified atom stereocenters. The van der Waals surface area contributed by atoms with Gasteiger partial charge in [-0.1, -0.05) is 0 Å². The quantitative estimate of drug-likeness (QED) is 0.233. The van der Waals surface area contributed by atoms with E-state index in [1.54, 1.807) is 64.8 Å². The lowest BCUT2D eigenvalue weighted by Crippen LogP contribution is -2.49. The van der Waals surface area contributed by atoms with Gasteiger partial charge in [0.25, 0.3) is 0 Å². The number of nitrogens with zero attached hydrogens (tertiary/aromatic N) is 3. The molecular weight excluding hydrogens is 643 g/mol. The number of benzene rings is 1. The molecule has 50 heavy (non-hydrogen) atoms. The first-order valence-corrected chi connectivity index (χ1v) is 17.3. The fourth-order valence-electron chi connectivity index (χ4n) is 7.18. The predicted molar refractivity (Wildman–Crippen MR) is 189 cm³/mol. The highest BCUT2D eigenvalue weighted by Gasteiger charge is 2.46. The number of hydrogen-bond acceptors (Lipinski definition) is 9. The lowest BCUT2D eigenvalue weighted by Gasteiger charge is -2.49. The molecule has 1 saturated carbocycles. The highest BCUT2D eigenvalue weighted by molar-refractivity contribution is 6.04. The Kier molecular flexibility index (Phi) is 9.40. The fraction of sp³-hybridized carbons (Fsp3) is 0.541. The third-order valence-corrected chi connectivity index (χ3v) is 9.43. The van der Waals surface area contributed by atoms with E-state index in [1.807, 2.05) is 6.92 Å². The summed E-state index contributed by atoms with van der Waals surface area (Å²) in [5.41, 5.74) is 1.04. The first-order valence-electron chi connectivity index (χ1n) is 17.3. The van der Waals surface area contributed by atoms with Crippen molar-refractivity contribution in [2.24, 2.45) is 5.41 Å². The molecule has 13 heteroatoms. The van der Waals surface area contributed by atoms with Crippen LogP contribution in [0, 0.1) is 18.2 Å². The van der Waals surface area contributed by atoms with Crippen LogP contribution < -0.4 is 20.9 Å². The number of pyridine rings is 2. The van der Waals surface area contributed by atoms with Crippen molar-refractivity contribution in [3.05, 3.63) is 41.6 Å². The van der Waals surface area contributed by atoms with Crippen LogP contribution in [0.4, 0.5) is 36.0 Å². The monoisotopic (exact) mass is 690 g/mol. The van der Waals surface area contributed by atoms with E-state index < -0.39 is 35.3 Å². The Hall–Kier alpha value is -4.52.